The summed E-state index contributed by atoms with van der Waals surface area (Å²) in [5, 5.41) is 10.6. The molecular formula is C35H25F3N4O3S2. The first kappa shape index (κ1) is 31.1. The molecule has 4 aliphatic carbocycles. The number of alkyl halides is 2. The Kier molecular flexibility index (Phi) is 7.30. The van der Waals surface area contributed by atoms with Crippen molar-refractivity contribution in [3.63, 3.8) is 0 Å². The van der Waals surface area contributed by atoms with Gasteiger partial charge in [-0.05, 0) is 79.1 Å². The summed E-state index contributed by atoms with van der Waals surface area (Å²) in [5.74, 6) is -4.00. The minimum atomic E-state index is -1.78. The van der Waals surface area contributed by atoms with Crippen LogP contribution in [0.15, 0.2) is 39.9 Å². The van der Waals surface area contributed by atoms with Crippen LogP contribution in [0.3, 0.4) is 0 Å². The Morgan fingerprint density at radius 2 is 1.47 bits per heavy atom. The standard InChI is InChI=1S/C35H25F3N4O3S2/c1-5-35(6-2)19-11-25(41-28-27(24(13-39)40-4)15-7-14(3)21(36)8-16(15)30(28)43)46-33(19)34-20(35)12-26(47-34)42-29-31(44)17-9-22(37)23(38)10-18(17)32(29)45/h7-8,11-12,17-18,22-23H,5-6,9-10H2,1-3H3. The number of thiophene rings is 2. The highest BCUT2D eigenvalue weighted by Gasteiger charge is 2.53. The van der Waals surface area contributed by atoms with Crippen LogP contribution in [0.2, 0.25) is 0 Å². The number of hydrogen-bond acceptors (Lipinski definition) is 8. The van der Waals surface area contributed by atoms with Crippen LogP contribution >= 0.6 is 22.7 Å². The van der Waals surface area contributed by atoms with Crippen molar-refractivity contribution in [1.29, 1.82) is 5.26 Å². The number of halogens is 3. The molecule has 4 atom stereocenters. The highest BCUT2D eigenvalue weighted by molar-refractivity contribution is 7.26. The molecule has 47 heavy (non-hydrogen) atoms. The topological polar surface area (TPSA) is 104 Å². The molecule has 0 aliphatic heterocycles. The zero-order valence-corrected chi connectivity index (χ0v) is 27.0. The number of nitrogens with zero attached hydrogens (tertiary/aromatic N) is 4. The van der Waals surface area contributed by atoms with Gasteiger partial charge in [0.15, 0.2) is 17.3 Å². The van der Waals surface area contributed by atoms with Crippen molar-refractivity contribution in [2.45, 2.75) is 64.2 Å². The van der Waals surface area contributed by atoms with E-state index in [-0.39, 0.29) is 46.7 Å². The number of allylic oxidation sites excluding steroid dienone is 2. The SMILES string of the molecule is [C-]#[N+]C(C#N)=C1C(=Nc2cc3c(s2)-c2sc(N=C4C(=O)C5CC(F)C(F)CC5C4=O)cc2C3(CC)CC)C(=O)c2cc(F)c(C)cc21. The number of nitriles is 1. The van der Waals surface area contributed by atoms with Gasteiger partial charge in [-0.25, -0.2) is 33.3 Å². The number of hydrogen-bond donors (Lipinski definition) is 0. The Morgan fingerprint density at radius 1 is 0.936 bits per heavy atom. The van der Waals surface area contributed by atoms with Crippen molar-refractivity contribution in [2.75, 3.05) is 0 Å². The van der Waals surface area contributed by atoms with Crippen LogP contribution in [0.4, 0.5) is 23.2 Å². The second-order valence-corrected chi connectivity index (χ2v) is 14.3. The van der Waals surface area contributed by atoms with Crippen molar-refractivity contribution in [2.24, 2.45) is 21.8 Å². The molecule has 4 unspecified atom stereocenters. The highest BCUT2D eigenvalue weighted by Crippen LogP contribution is 2.61. The summed E-state index contributed by atoms with van der Waals surface area (Å²) in [7, 11) is 0. The molecule has 7 rings (SSSR count). The van der Waals surface area contributed by atoms with Gasteiger partial charge in [-0.1, -0.05) is 13.8 Å². The molecule has 0 N–H and O–H groups in total. The van der Waals surface area contributed by atoms with Gasteiger partial charge in [0.1, 0.15) is 33.9 Å². The fourth-order valence-electron chi connectivity index (χ4n) is 7.49. The summed E-state index contributed by atoms with van der Waals surface area (Å²) in [4.78, 5) is 54.0. The Morgan fingerprint density at radius 3 is 1.96 bits per heavy atom. The number of aliphatic imine (C=N–C) groups is 2. The van der Waals surface area contributed by atoms with E-state index in [0.717, 1.165) is 26.9 Å². The van der Waals surface area contributed by atoms with Crippen molar-refractivity contribution in [1.82, 2.24) is 0 Å². The first-order valence-corrected chi connectivity index (χ1v) is 16.8. The first-order chi connectivity index (χ1) is 22.5. The van der Waals surface area contributed by atoms with E-state index in [2.05, 4.69) is 14.8 Å². The zero-order chi connectivity index (χ0) is 33.5. The van der Waals surface area contributed by atoms with Crippen LogP contribution in [-0.2, 0) is 15.0 Å². The molecule has 0 amide bonds. The van der Waals surface area contributed by atoms with Gasteiger partial charge in [-0.15, -0.1) is 22.7 Å². The predicted molar refractivity (Wildman–Crippen MR) is 174 cm³/mol. The fraction of sp³-hybridized carbons (Fsp3) is 0.343. The molecule has 4 aliphatic rings. The molecule has 0 spiro atoms. The van der Waals surface area contributed by atoms with Gasteiger partial charge < -0.3 is 0 Å². The molecule has 7 nitrogen and oxygen atoms in total. The van der Waals surface area contributed by atoms with E-state index in [1.54, 1.807) is 0 Å². The molecule has 2 heterocycles. The molecule has 0 saturated heterocycles. The van der Waals surface area contributed by atoms with E-state index < -0.39 is 52.8 Å². The van der Waals surface area contributed by atoms with Crippen molar-refractivity contribution in [3.05, 3.63) is 75.0 Å². The molecule has 2 fully saturated rings. The molecule has 236 valence electrons. The van der Waals surface area contributed by atoms with Crippen LogP contribution in [0.5, 0.6) is 0 Å². The summed E-state index contributed by atoms with van der Waals surface area (Å²) in [5.41, 5.74) is 1.56. The van der Waals surface area contributed by atoms with Crippen LogP contribution < -0.4 is 0 Å². The second kappa shape index (κ2) is 11.0. The summed E-state index contributed by atoms with van der Waals surface area (Å²) >= 11 is 2.63. The smallest absolute Gasteiger partial charge is 0.271 e. The number of carbonyl (C=O) groups is 3. The molecule has 3 aromatic rings. The summed E-state index contributed by atoms with van der Waals surface area (Å²) in [6.45, 7) is 13.2. The Hall–Kier alpha value is -4.52. The van der Waals surface area contributed by atoms with Crippen molar-refractivity contribution in [3.8, 4) is 15.8 Å². The van der Waals surface area contributed by atoms with Gasteiger partial charge in [0.05, 0.1) is 22.4 Å². The summed E-state index contributed by atoms with van der Waals surface area (Å²) in [6, 6.07) is 8.20. The summed E-state index contributed by atoms with van der Waals surface area (Å²) < 4.78 is 42.7. The van der Waals surface area contributed by atoms with Gasteiger partial charge in [0, 0.05) is 28.4 Å². The normalized spacial score (nSPS) is 25.7. The lowest BCUT2D eigenvalue weighted by molar-refractivity contribution is -0.123. The minimum Gasteiger partial charge on any atom is -0.292 e. The zero-order valence-electron chi connectivity index (χ0n) is 25.4. The number of fused-ring (bicyclic) bond motifs is 5. The number of aryl methyl sites for hydroxylation is 1. The molecule has 2 aromatic heterocycles. The molecule has 0 bridgehead atoms. The number of carbonyl (C=O) groups excluding carboxylic acids is 3. The molecule has 1 aromatic carbocycles. The number of benzene rings is 1. The number of rotatable bonds is 4. The average molecular weight is 671 g/mol. The maximum atomic E-state index is 14.5. The average Bonchev–Trinajstić information content (AvgIpc) is 3.82. The third kappa shape index (κ3) is 4.38. The Bertz CT molecular complexity index is 2090. The van der Waals surface area contributed by atoms with E-state index in [1.165, 1.54) is 35.7 Å². The van der Waals surface area contributed by atoms with Crippen molar-refractivity contribution >= 4 is 67.0 Å². The lowest BCUT2D eigenvalue weighted by Crippen LogP contribution is -2.35. The van der Waals surface area contributed by atoms with E-state index in [4.69, 9.17) is 6.57 Å². The van der Waals surface area contributed by atoms with Gasteiger partial charge in [-0.2, -0.15) is 0 Å². The van der Waals surface area contributed by atoms with E-state index in [1.807, 2.05) is 32.0 Å². The van der Waals surface area contributed by atoms with Gasteiger partial charge >= 0.3 is 0 Å². The molecule has 0 radical (unpaired) electrons. The monoisotopic (exact) mass is 670 g/mol. The van der Waals surface area contributed by atoms with Gasteiger partial charge in [0.2, 0.25) is 5.78 Å². The van der Waals surface area contributed by atoms with E-state index in [0.29, 0.717) is 28.4 Å². The maximum Gasteiger partial charge on any atom is 0.271 e. The van der Waals surface area contributed by atoms with Crippen LogP contribution in [-0.4, -0.2) is 41.1 Å². The van der Waals surface area contributed by atoms with Crippen LogP contribution in [0, 0.1) is 42.5 Å². The Balaban J connectivity index is 1.32. The van der Waals surface area contributed by atoms with Crippen LogP contribution in [0.25, 0.3) is 20.2 Å². The minimum absolute atomic E-state index is 0.0445. The molecule has 12 heteroatoms. The van der Waals surface area contributed by atoms with Crippen molar-refractivity contribution < 1.29 is 27.6 Å². The third-order valence-electron chi connectivity index (χ3n) is 10.0. The fourth-order valence-corrected chi connectivity index (χ4v) is 9.92. The molecule has 2 saturated carbocycles. The lowest BCUT2D eigenvalue weighted by atomic mass is 9.75. The quantitative estimate of drug-likeness (QED) is 0.205. The number of ketones is 3. The lowest BCUT2D eigenvalue weighted by Gasteiger charge is -2.27. The molecular weight excluding hydrogens is 646 g/mol. The third-order valence-corrected chi connectivity index (χ3v) is 12.2. The van der Waals surface area contributed by atoms with E-state index >= 15 is 0 Å². The largest absolute Gasteiger partial charge is 0.292 e. The van der Waals surface area contributed by atoms with Gasteiger partial charge in [-0.3, -0.25) is 14.4 Å². The Labute approximate surface area is 276 Å². The first-order valence-electron chi connectivity index (χ1n) is 15.2. The van der Waals surface area contributed by atoms with Gasteiger partial charge in [0.25, 0.3) is 5.70 Å². The number of Topliss-reactive ketones (excluding diaryl/α,β-unsaturated/α-hetero) is 3. The summed E-state index contributed by atoms with van der Waals surface area (Å²) in [6.07, 6.45) is -2.79. The predicted octanol–water partition coefficient (Wildman–Crippen LogP) is 8.39. The van der Waals surface area contributed by atoms with Crippen LogP contribution in [0.1, 0.15) is 72.1 Å². The second-order valence-electron chi connectivity index (χ2n) is 12.2. The van der Waals surface area contributed by atoms with E-state index in [9.17, 15) is 32.8 Å². The highest BCUT2D eigenvalue weighted by atomic mass is 32.1. The maximum absolute atomic E-state index is 14.5.